The molecule has 2 heterocycles. The van der Waals surface area contributed by atoms with E-state index >= 15 is 0 Å². The number of aliphatic hydroxyl groups is 2. The Balaban J connectivity index is 1.61. The molecule has 2 aliphatic rings. The van der Waals surface area contributed by atoms with E-state index in [1.807, 2.05) is 0 Å². The third-order valence-corrected chi connectivity index (χ3v) is 4.89. The summed E-state index contributed by atoms with van der Waals surface area (Å²) in [6, 6.07) is 0. The summed E-state index contributed by atoms with van der Waals surface area (Å²) < 4.78 is 0. The Morgan fingerprint density at radius 3 is 1.37 bits per heavy atom. The molecule has 0 spiro atoms. The molecule has 2 saturated heterocycles. The minimum atomic E-state index is 0.350. The average molecular weight is 270 g/mol. The number of aliphatic hydroxyl groups excluding tert-OH is 2. The van der Waals surface area contributed by atoms with Crippen molar-refractivity contribution in [2.24, 2.45) is 11.8 Å². The van der Waals surface area contributed by atoms with Gasteiger partial charge < -0.3 is 10.2 Å². The molecular weight excluding hydrogens is 240 g/mol. The van der Waals surface area contributed by atoms with Gasteiger partial charge in [0.1, 0.15) is 0 Å². The van der Waals surface area contributed by atoms with Gasteiger partial charge >= 0.3 is 0 Å². The highest BCUT2D eigenvalue weighted by atomic mass is 16.3. The lowest BCUT2D eigenvalue weighted by molar-refractivity contribution is 0.0633. The molecule has 0 aromatic carbocycles. The summed E-state index contributed by atoms with van der Waals surface area (Å²) in [5.41, 5.74) is 0. The van der Waals surface area contributed by atoms with Crippen LogP contribution in [0.1, 0.15) is 38.5 Å². The van der Waals surface area contributed by atoms with Crippen LogP contribution < -0.4 is 0 Å². The van der Waals surface area contributed by atoms with Gasteiger partial charge in [0.25, 0.3) is 0 Å². The minimum Gasteiger partial charge on any atom is -0.396 e. The molecule has 19 heavy (non-hydrogen) atoms. The largest absolute Gasteiger partial charge is 0.396 e. The first-order valence-corrected chi connectivity index (χ1v) is 7.98. The monoisotopic (exact) mass is 270 g/mol. The Morgan fingerprint density at radius 2 is 1.05 bits per heavy atom. The molecular formula is C15H30N2O2. The molecule has 2 aliphatic heterocycles. The molecule has 0 radical (unpaired) electrons. The van der Waals surface area contributed by atoms with Gasteiger partial charge in [0.05, 0.1) is 6.67 Å². The van der Waals surface area contributed by atoms with Crippen LogP contribution >= 0.6 is 0 Å². The van der Waals surface area contributed by atoms with Crippen molar-refractivity contribution < 1.29 is 10.2 Å². The van der Waals surface area contributed by atoms with Crippen LogP contribution in [0.4, 0.5) is 0 Å². The predicted molar refractivity (Wildman–Crippen MR) is 76.9 cm³/mol. The van der Waals surface area contributed by atoms with E-state index in [1.54, 1.807) is 0 Å². The molecule has 2 N–H and O–H groups in total. The summed E-state index contributed by atoms with van der Waals surface area (Å²) in [7, 11) is 0. The quantitative estimate of drug-likeness (QED) is 0.760. The molecule has 0 atom stereocenters. The van der Waals surface area contributed by atoms with E-state index in [-0.39, 0.29) is 0 Å². The molecule has 0 aromatic rings. The third kappa shape index (κ3) is 5.03. The Bertz CT molecular complexity index is 210. The standard InChI is InChI=1S/C15H30N2O2/c18-11-5-14-1-7-16(8-2-14)13-17-9-3-15(4-10-17)6-12-19/h14-15,18-19H,1-13H2. The summed E-state index contributed by atoms with van der Waals surface area (Å²) in [5.74, 6) is 1.49. The summed E-state index contributed by atoms with van der Waals surface area (Å²) in [5, 5.41) is 17.9. The Morgan fingerprint density at radius 1 is 0.684 bits per heavy atom. The van der Waals surface area contributed by atoms with E-state index in [4.69, 9.17) is 10.2 Å². The minimum absolute atomic E-state index is 0.350. The van der Waals surface area contributed by atoms with Gasteiger partial charge in [-0.25, -0.2) is 0 Å². The van der Waals surface area contributed by atoms with Crippen LogP contribution in [-0.2, 0) is 0 Å². The van der Waals surface area contributed by atoms with Gasteiger partial charge in [-0.1, -0.05) is 0 Å². The van der Waals surface area contributed by atoms with Crippen LogP contribution in [0.5, 0.6) is 0 Å². The lowest BCUT2D eigenvalue weighted by Crippen LogP contribution is -2.45. The first-order chi connectivity index (χ1) is 9.31. The molecule has 0 aliphatic carbocycles. The molecule has 0 amide bonds. The van der Waals surface area contributed by atoms with Gasteiger partial charge in [-0.2, -0.15) is 0 Å². The number of hydrogen-bond acceptors (Lipinski definition) is 4. The Labute approximate surface area is 117 Å². The molecule has 4 nitrogen and oxygen atoms in total. The number of hydrogen-bond donors (Lipinski definition) is 2. The highest BCUT2D eigenvalue weighted by Gasteiger charge is 2.23. The van der Waals surface area contributed by atoms with Crippen molar-refractivity contribution in [1.82, 2.24) is 9.80 Å². The normalized spacial score (nSPS) is 24.9. The molecule has 2 fully saturated rings. The van der Waals surface area contributed by atoms with E-state index in [9.17, 15) is 0 Å². The van der Waals surface area contributed by atoms with Gasteiger partial charge in [-0.05, 0) is 76.5 Å². The zero-order valence-electron chi connectivity index (χ0n) is 12.1. The van der Waals surface area contributed by atoms with Gasteiger partial charge in [-0.3, -0.25) is 9.80 Å². The van der Waals surface area contributed by atoms with Crippen LogP contribution in [0.3, 0.4) is 0 Å². The van der Waals surface area contributed by atoms with E-state index < -0.39 is 0 Å². The fourth-order valence-corrected chi connectivity index (χ4v) is 3.48. The molecule has 2 rings (SSSR count). The number of rotatable bonds is 6. The molecule has 4 heteroatoms. The Kier molecular flexibility index (Phi) is 6.57. The van der Waals surface area contributed by atoms with Crippen molar-refractivity contribution in [2.45, 2.75) is 38.5 Å². The fourth-order valence-electron chi connectivity index (χ4n) is 3.48. The van der Waals surface area contributed by atoms with E-state index in [1.165, 1.54) is 51.9 Å². The SMILES string of the molecule is OCCC1CCN(CN2CCC(CCO)CC2)CC1. The van der Waals surface area contributed by atoms with Crippen molar-refractivity contribution in [1.29, 1.82) is 0 Å². The van der Waals surface area contributed by atoms with Crippen molar-refractivity contribution in [3.05, 3.63) is 0 Å². The van der Waals surface area contributed by atoms with Crippen molar-refractivity contribution in [3.63, 3.8) is 0 Å². The highest BCUT2D eigenvalue weighted by molar-refractivity contribution is 4.76. The summed E-state index contributed by atoms with van der Waals surface area (Å²) in [6.45, 7) is 6.61. The fraction of sp³-hybridized carbons (Fsp3) is 1.00. The average Bonchev–Trinajstić information content (AvgIpc) is 2.44. The zero-order chi connectivity index (χ0) is 13.5. The van der Waals surface area contributed by atoms with Crippen LogP contribution in [-0.4, -0.2) is 66.1 Å². The van der Waals surface area contributed by atoms with Gasteiger partial charge in [0.2, 0.25) is 0 Å². The summed E-state index contributed by atoms with van der Waals surface area (Å²) in [4.78, 5) is 5.14. The van der Waals surface area contributed by atoms with Crippen LogP contribution in [0.25, 0.3) is 0 Å². The van der Waals surface area contributed by atoms with E-state index in [2.05, 4.69) is 9.80 Å². The van der Waals surface area contributed by atoms with Crippen LogP contribution in [0, 0.1) is 11.8 Å². The van der Waals surface area contributed by atoms with E-state index in [0.717, 1.165) is 31.3 Å². The molecule has 0 saturated carbocycles. The van der Waals surface area contributed by atoms with Crippen molar-refractivity contribution in [3.8, 4) is 0 Å². The lowest BCUT2D eigenvalue weighted by atomic mass is 9.93. The van der Waals surface area contributed by atoms with Crippen molar-refractivity contribution in [2.75, 3.05) is 46.1 Å². The zero-order valence-corrected chi connectivity index (χ0v) is 12.1. The number of likely N-dealkylation sites (tertiary alicyclic amines) is 2. The maximum Gasteiger partial charge on any atom is 0.0506 e. The number of nitrogens with zero attached hydrogens (tertiary/aromatic N) is 2. The maximum atomic E-state index is 8.97. The lowest BCUT2D eigenvalue weighted by Gasteiger charge is -2.38. The van der Waals surface area contributed by atoms with Crippen LogP contribution in [0.2, 0.25) is 0 Å². The predicted octanol–water partition coefficient (Wildman–Crippen LogP) is 1.13. The first-order valence-electron chi connectivity index (χ1n) is 7.98. The maximum absolute atomic E-state index is 8.97. The van der Waals surface area contributed by atoms with Crippen LogP contribution in [0.15, 0.2) is 0 Å². The molecule has 0 unspecified atom stereocenters. The molecule has 0 bridgehead atoms. The van der Waals surface area contributed by atoms with Crippen molar-refractivity contribution >= 4 is 0 Å². The van der Waals surface area contributed by atoms with Gasteiger partial charge in [-0.15, -0.1) is 0 Å². The third-order valence-electron chi connectivity index (χ3n) is 4.89. The second kappa shape index (κ2) is 8.20. The van der Waals surface area contributed by atoms with E-state index in [0.29, 0.717) is 13.2 Å². The smallest absolute Gasteiger partial charge is 0.0506 e. The number of piperidine rings is 2. The Hall–Kier alpha value is -0.160. The second-order valence-corrected chi connectivity index (χ2v) is 6.29. The van der Waals surface area contributed by atoms with Gasteiger partial charge in [0.15, 0.2) is 0 Å². The van der Waals surface area contributed by atoms with Gasteiger partial charge in [0, 0.05) is 13.2 Å². The highest BCUT2D eigenvalue weighted by Crippen LogP contribution is 2.23. The molecule has 0 aromatic heterocycles. The second-order valence-electron chi connectivity index (χ2n) is 6.29. The topological polar surface area (TPSA) is 46.9 Å². The molecule has 112 valence electrons. The first kappa shape index (κ1) is 15.2. The summed E-state index contributed by atoms with van der Waals surface area (Å²) in [6.07, 6.45) is 6.98. The summed E-state index contributed by atoms with van der Waals surface area (Å²) >= 11 is 0.